The summed E-state index contributed by atoms with van der Waals surface area (Å²) in [5.41, 5.74) is 5.54. The molecular formula is C33H33N7O4. The van der Waals surface area contributed by atoms with Crippen LogP contribution < -0.4 is 5.32 Å². The lowest BCUT2D eigenvalue weighted by Gasteiger charge is -2.26. The molecule has 3 heterocycles. The van der Waals surface area contributed by atoms with E-state index in [2.05, 4.69) is 37.3 Å². The van der Waals surface area contributed by atoms with Crippen LogP contribution in [0.3, 0.4) is 0 Å². The molecule has 0 aliphatic carbocycles. The number of nitrogens with one attached hydrogen (secondary N) is 3. The van der Waals surface area contributed by atoms with Gasteiger partial charge in [0.2, 0.25) is 11.9 Å². The van der Waals surface area contributed by atoms with Crippen molar-refractivity contribution in [3.05, 3.63) is 99.7 Å². The van der Waals surface area contributed by atoms with Crippen molar-refractivity contribution >= 4 is 39.8 Å². The first-order valence-corrected chi connectivity index (χ1v) is 14.7. The Labute approximate surface area is 253 Å². The normalized spacial score (nSPS) is 14.2. The van der Waals surface area contributed by atoms with Crippen molar-refractivity contribution in [2.24, 2.45) is 4.99 Å². The lowest BCUT2D eigenvalue weighted by molar-refractivity contribution is -0.384. The molecule has 11 nitrogen and oxygen atoms in total. The average molecular weight is 592 g/mol. The van der Waals surface area contributed by atoms with Crippen LogP contribution in [0.15, 0.2) is 77.9 Å². The van der Waals surface area contributed by atoms with Gasteiger partial charge < -0.3 is 20.0 Å². The third-order valence-electron chi connectivity index (χ3n) is 7.89. The number of piperidine rings is 1. The molecule has 44 heavy (non-hydrogen) atoms. The summed E-state index contributed by atoms with van der Waals surface area (Å²) in [6.07, 6.45) is 6.40. The number of aromatic nitrogens is 3. The second-order valence-electron chi connectivity index (χ2n) is 11.0. The molecule has 1 amide bonds. The number of nitro groups is 1. The molecule has 0 spiro atoms. The van der Waals surface area contributed by atoms with E-state index in [4.69, 9.17) is 4.99 Å². The molecule has 0 unspecified atom stereocenters. The summed E-state index contributed by atoms with van der Waals surface area (Å²) in [5.74, 6) is 0.0252. The van der Waals surface area contributed by atoms with Gasteiger partial charge in [-0.05, 0) is 61.7 Å². The van der Waals surface area contributed by atoms with Crippen LogP contribution in [-0.4, -0.2) is 61.1 Å². The van der Waals surface area contributed by atoms with Gasteiger partial charge in [-0.1, -0.05) is 42.8 Å². The fourth-order valence-corrected chi connectivity index (χ4v) is 5.63. The maximum Gasteiger partial charge on any atom is 0.270 e. The maximum absolute atomic E-state index is 11.6. The van der Waals surface area contributed by atoms with Gasteiger partial charge in [0.25, 0.3) is 5.69 Å². The summed E-state index contributed by atoms with van der Waals surface area (Å²) >= 11 is 0. The smallest absolute Gasteiger partial charge is 0.270 e. The molecule has 224 valence electrons. The number of likely N-dealkylation sites (tertiary alicyclic amines) is 1. The van der Waals surface area contributed by atoms with Crippen LogP contribution in [0.4, 0.5) is 17.3 Å². The number of nitrogens with zero attached hydrogens (tertiary/aromatic N) is 4. The molecule has 1 fully saturated rings. The molecule has 4 N–H and O–H groups in total. The van der Waals surface area contributed by atoms with E-state index in [-0.39, 0.29) is 17.5 Å². The second kappa shape index (κ2) is 12.5. The highest BCUT2D eigenvalue weighted by Gasteiger charge is 2.21. The molecule has 6 rings (SSSR count). The van der Waals surface area contributed by atoms with Crippen molar-refractivity contribution in [1.82, 2.24) is 19.9 Å². The number of hydrogen-bond acceptors (Lipinski definition) is 7. The van der Waals surface area contributed by atoms with Crippen LogP contribution in [-0.2, 0) is 11.2 Å². The average Bonchev–Trinajstić information content (AvgIpc) is 3.62. The summed E-state index contributed by atoms with van der Waals surface area (Å²) in [7, 11) is 0. The predicted molar refractivity (Wildman–Crippen MR) is 171 cm³/mol. The summed E-state index contributed by atoms with van der Waals surface area (Å²) in [6.45, 7) is 4.73. The first kappa shape index (κ1) is 28.8. The number of benzene rings is 3. The Bertz CT molecular complexity index is 1830. The van der Waals surface area contributed by atoms with E-state index in [1.807, 2.05) is 36.4 Å². The number of non-ortho nitro benzene ring substituents is 1. The van der Waals surface area contributed by atoms with Gasteiger partial charge in [0.15, 0.2) is 5.88 Å². The zero-order valence-electron chi connectivity index (χ0n) is 24.3. The number of amides is 1. The number of aliphatic imine (C=N–C) groups is 1. The first-order chi connectivity index (χ1) is 21.3. The highest BCUT2D eigenvalue weighted by molar-refractivity contribution is 6.22. The minimum Gasteiger partial charge on any atom is -0.494 e. The van der Waals surface area contributed by atoms with Crippen LogP contribution in [0, 0.1) is 10.1 Å². The summed E-state index contributed by atoms with van der Waals surface area (Å²) in [6, 6.07) is 20.0. The Balaban J connectivity index is 1.36. The Hall–Kier alpha value is -5.29. The quantitative estimate of drug-likeness (QED) is 0.0893. The highest BCUT2D eigenvalue weighted by atomic mass is 16.6. The van der Waals surface area contributed by atoms with E-state index in [0.29, 0.717) is 33.8 Å². The molecular weight excluding hydrogens is 558 g/mol. The lowest BCUT2D eigenvalue weighted by atomic mass is 9.98. The van der Waals surface area contributed by atoms with Gasteiger partial charge in [-0.25, -0.2) is 9.98 Å². The molecule has 1 aliphatic rings. The Kier molecular flexibility index (Phi) is 8.20. The summed E-state index contributed by atoms with van der Waals surface area (Å²) < 4.78 is 0. The number of carbonyl (C=O) groups excluding carboxylic acids is 1. The number of imidazole rings is 1. The Morgan fingerprint density at radius 2 is 1.80 bits per heavy atom. The van der Waals surface area contributed by atoms with Crippen LogP contribution in [0.2, 0.25) is 0 Å². The van der Waals surface area contributed by atoms with Crippen molar-refractivity contribution < 1.29 is 14.8 Å². The summed E-state index contributed by atoms with van der Waals surface area (Å²) in [4.78, 5) is 40.2. The van der Waals surface area contributed by atoms with Gasteiger partial charge >= 0.3 is 0 Å². The third kappa shape index (κ3) is 6.37. The number of aromatic amines is 2. The molecule has 2 aromatic heterocycles. The molecule has 0 radical (unpaired) electrons. The van der Waals surface area contributed by atoms with Crippen LogP contribution >= 0.6 is 0 Å². The third-order valence-corrected chi connectivity index (χ3v) is 7.89. The van der Waals surface area contributed by atoms with E-state index in [0.717, 1.165) is 42.9 Å². The predicted octanol–water partition coefficient (Wildman–Crippen LogP) is 6.33. The molecule has 1 saturated heterocycles. The number of nitro benzene ring substituents is 1. The molecule has 5 aromatic rings. The number of hydrogen-bond donors (Lipinski definition) is 4. The van der Waals surface area contributed by atoms with Gasteiger partial charge in [-0.15, -0.1) is 0 Å². The van der Waals surface area contributed by atoms with Crippen molar-refractivity contribution in [3.63, 3.8) is 0 Å². The number of carbonyl (C=O) groups is 1. The molecule has 1 aliphatic heterocycles. The first-order valence-electron chi connectivity index (χ1n) is 14.7. The molecule has 11 heteroatoms. The van der Waals surface area contributed by atoms with Gasteiger partial charge in [-0.2, -0.15) is 0 Å². The Morgan fingerprint density at radius 3 is 2.50 bits per heavy atom. The van der Waals surface area contributed by atoms with E-state index in [9.17, 15) is 20.0 Å². The van der Waals surface area contributed by atoms with E-state index in [1.54, 1.807) is 12.3 Å². The fourth-order valence-electron chi connectivity index (χ4n) is 5.63. The van der Waals surface area contributed by atoms with E-state index >= 15 is 0 Å². The van der Waals surface area contributed by atoms with Crippen molar-refractivity contribution in [2.45, 2.75) is 32.6 Å². The monoisotopic (exact) mass is 591 g/mol. The van der Waals surface area contributed by atoms with Crippen LogP contribution in [0.1, 0.15) is 42.9 Å². The van der Waals surface area contributed by atoms with E-state index in [1.165, 1.54) is 43.9 Å². The topological polar surface area (TPSA) is 153 Å². The fraction of sp³-hybridized carbons (Fsp3) is 0.242. The minimum atomic E-state index is -0.452. The Morgan fingerprint density at radius 1 is 1.05 bits per heavy atom. The SMILES string of the molecule is CC(=O)Nc1ncc(-c2ccc(N=C(c3ccc(CCN4CCCCC4)cc3)c3c(O)[nH]c4ccc([N+](=O)[O-])cc34)cc2)[nH]1. The lowest BCUT2D eigenvalue weighted by Crippen LogP contribution is -2.31. The van der Waals surface area contributed by atoms with Crippen molar-refractivity contribution in [1.29, 1.82) is 0 Å². The largest absolute Gasteiger partial charge is 0.494 e. The van der Waals surface area contributed by atoms with E-state index < -0.39 is 4.92 Å². The second-order valence-corrected chi connectivity index (χ2v) is 11.0. The highest BCUT2D eigenvalue weighted by Crippen LogP contribution is 2.34. The van der Waals surface area contributed by atoms with Crippen molar-refractivity contribution in [2.75, 3.05) is 25.0 Å². The molecule has 3 aromatic carbocycles. The standard InChI is InChI=1S/C33H33N7O4/c1-21(41)35-33-34-20-29(38-33)23-9-11-25(12-10-23)36-31(30-27-19-26(40(43)44)13-14-28(27)37-32(30)42)24-7-5-22(6-8-24)15-18-39-16-3-2-4-17-39/h5-14,19-20,37,42H,2-4,15-18H2,1H3,(H2,34,35,38,41). The number of fused-ring (bicyclic) bond motifs is 1. The van der Waals surface area contributed by atoms with Crippen LogP contribution in [0.5, 0.6) is 5.88 Å². The number of H-pyrrole nitrogens is 2. The van der Waals surface area contributed by atoms with Gasteiger partial charge in [0, 0.05) is 42.1 Å². The number of anilines is 1. The molecule has 0 atom stereocenters. The zero-order chi connectivity index (χ0) is 30.6. The van der Waals surface area contributed by atoms with Gasteiger partial charge in [-0.3, -0.25) is 20.2 Å². The molecule has 0 bridgehead atoms. The van der Waals surface area contributed by atoms with Crippen molar-refractivity contribution in [3.8, 4) is 17.1 Å². The van der Waals surface area contributed by atoms with Gasteiger partial charge in [0.05, 0.1) is 33.8 Å². The zero-order valence-corrected chi connectivity index (χ0v) is 24.3. The number of aromatic hydroxyl groups is 1. The maximum atomic E-state index is 11.6. The summed E-state index contributed by atoms with van der Waals surface area (Å²) in [5, 5.41) is 25.8. The van der Waals surface area contributed by atoms with Gasteiger partial charge in [0.1, 0.15) is 0 Å². The van der Waals surface area contributed by atoms with Crippen LogP contribution in [0.25, 0.3) is 22.2 Å². The molecule has 0 saturated carbocycles. The minimum absolute atomic E-state index is 0.0762. The number of rotatable bonds is 9.